The lowest BCUT2D eigenvalue weighted by atomic mass is 10.2. The van der Waals surface area contributed by atoms with E-state index in [1.807, 2.05) is 12.3 Å². The van der Waals surface area contributed by atoms with Crippen molar-refractivity contribution in [2.75, 3.05) is 42.9 Å². The van der Waals surface area contributed by atoms with Gasteiger partial charge in [-0.3, -0.25) is 4.90 Å². The van der Waals surface area contributed by atoms with Gasteiger partial charge in [0.2, 0.25) is 5.95 Å². The summed E-state index contributed by atoms with van der Waals surface area (Å²) in [4.78, 5) is 13.9. The highest BCUT2D eigenvalue weighted by Gasteiger charge is 2.19. The maximum atomic E-state index is 4.66. The first-order valence-electron chi connectivity index (χ1n) is 8.79. The van der Waals surface area contributed by atoms with Gasteiger partial charge in [-0.1, -0.05) is 44.2 Å². The van der Waals surface area contributed by atoms with Crippen LogP contribution >= 0.6 is 0 Å². The third kappa shape index (κ3) is 4.68. The summed E-state index contributed by atoms with van der Waals surface area (Å²) in [6, 6.07) is 12.6. The van der Waals surface area contributed by atoms with E-state index in [1.54, 1.807) is 0 Å². The maximum Gasteiger partial charge on any atom is 0.227 e. The standard InChI is InChI=1S/C19H27N5/c1-16(2)14-21-18-8-9-20-19(22-18)24-12-10-23(11-13-24)15-17-6-4-3-5-7-17/h3-9,16H,10-15H2,1-2H3,(H,20,21,22). The van der Waals surface area contributed by atoms with Gasteiger partial charge in [-0.2, -0.15) is 4.98 Å². The number of piperazine rings is 1. The van der Waals surface area contributed by atoms with Crippen molar-refractivity contribution >= 4 is 11.8 Å². The van der Waals surface area contributed by atoms with Crippen molar-refractivity contribution in [3.63, 3.8) is 0 Å². The van der Waals surface area contributed by atoms with Crippen LogP contribution in [-0.4, -0.2) is 47.6 Å². The highest BCUT2D eigenvalue weighted by molar-refractivity contribution is 5.41. The monoisotopic (exact) mass is 325 g/mol. The van der Waals surface area contributed by atoms with Crippen molar-refractivity contribution < 1.29 is 0 Å². The van der Waals surface area contributed by atoms with Crippen molar-refractivity contribution in [1.82, 2.24) is 14.9 Å². The van der Waals surface area contributed by atoms with Gasteiger partial charge in [-0.15, -0.1) is 0 Å². The average molecular weight is 325 g/mol. The Balaban J connectivity index is 1.53. The molecule has 128 valence electrons. The molecule has 1 aliphatic rings. The van der Waals surface area contributed by atoms with Crippen LogP contribution in [0.4, 0.5) is 11.8 Å². The van der Waals surface area contributed by atoms with Gasteiger partial charge in [-0.25, -0.2) is 4.98 Å². The van der Waals surface area contributed by atoms with Gasteiger partial charge in [0.25, 0.3) is 0 Å². The van der Waals surface area contributed by atoms with Crippen LogP contribution in [0.5, 0.6) is 0 Å². The smallest absolute Gasteiger partial charge is 0.227 e. The number of nitrogens with one attached hydrogen (secondary N) is 1. The fourth-order valence-corrected chi connectivity index (χ4v) is 2.86. The zero-order valence-corrected chi connectivity index (χ0v) is 14.7. The molecule has 0 atom stereocenters. The summed E-state index contributed by atoms with van der Waals surface area (Å²) in [7, 11) is 0. The normalized spacial score (nSPS) is 15.7. The SMILES string of the molecule is CC(C)CNc1ccnc(N2CCN(Cc3ccccc3)CC2)n1. The summed E-state index contributed by atoms with van der Waals surface area (Å²) in [5, 5.41) is 3.38. The summed E-state index contributed by atoms with van der Waals surface area (Å²) >= 11 is 0. The number of hydrogen-bond donors (Lipinski definition) is 1. The fourth-order valence-electron chi connectivity index (χ4n) is 2.86. The Labute approximate surface area is 144 Å². The van der Waals surface area contributed by atoms with Crippen molar-refractivity contribution in [1.29, 1.82) is 0 Å². The fraction of sp³-hybridized carbons (Fsp3) is 0.474. The second kappa shape index (κ2) is 8.11. The van der Waals surface area contributed by atoms with Gasteiger partial charge in [0.15, 0.2) is 0 Å². The Morgan fingerprint density at radius 2 is 1.79 bits per heavy atom. The molecule has 24 heavy (non-hydrogen) atoms. The van der Waals surface area contributed by atoms with Crippen molar-refractivity contribution in [2.24, 2.45) is 5.92 Å². The second-order valence-electron chi connectivity index (χ2n) is 6.77. The Hall–Kier alpha value is -2.14. The second-order valence-corrected chi connectivity index (χ2v) is 6.77. The molecular formula is C19H27N5. The van der Waals surface area contributed by atoms with Crippen LogP contribution in [0, 0.1) is 5.92 Å². The summed E-state index contributed by atoms with van der Waals surface area (Å²) in [5.74, 6) is 2.36. The third-order valence-electron chi connectivity index (χ3n) is 4.24. The lowest BCUT2D eigenvalue weighted by Gasteiger charge is -2.34. The van der Waals surface area contributed by atoms with E-state index in [4.69, 9.17) is 0 Å². The summed E-state index contributed by atoms with van der Waals surface area (Å²) in [6.07, 6.45) is 1.85. The van der Waals surface area contributed by atoms with Crippen LogP contribution in [0.15, 0.2) is 42.6 Å². The van der Waals surface area contributed by atoms with Crippen LogP contribution in [0.1, 0.15) is 19.4 Å². The summed E-state index contributed by atoms with van der Waals surface area (Å²) < 4.78 is 0. The molecule has 0 unspecified atom stereocenters. The minimum atomic E-state index is 0.602. The molecule has 1 N–H and O–H groups in total. The molecule has 0 radical (unpaired) electrons. The van der Waals surface area contributed by atoms with Gasteiger partial charge in [0, 0.05) is 45.5 Å². The number of benzene rings is 1. The highest BCUT2D eigenvalue weighted by Crippen LogP contribution is 2.15. The Bertz CT molecular complexity index is 621. The van der Waals surface area contributed by atoms with Crippen molar-refractivity contribution in [2.45, 2.75) is 20.4 Å². The van der Waals surface area contributed by atoms with E-state index in [9.17, 15) is 0 Å². The molecule has 1 fully saturated rings. The zero-order chi connectivity index (χ0) is 16.8. The van der Waals surface area contributed by atoms with Crippen molar-refractivity contribution in [3.05, 3.63) is 48.2 Å². The maximum absolute atomic E-state index is 4.66. The molecule has 1 aromatic heterocycles. The molecule has 2 aromatic rings. The molecule has 5 heteroatoms. The van der Waals surface area contributed by atoms with E-state index >= 15 is 0 Å². The largest absolute Gasteiger partial charge is 0.370 e. The number of rotatable bonds is 6. The Morgan fingerprint density at radius 3 is 2.50 bits per heavy atom. The van der Waals surface area contributed by atoms with E-state index in [2.05, 4.69) is 69.3 Å². The number of hydrogen-bond acceptors (Lipinski definition) is 5. The van der Waals surface area contributed by atoms with Crippen molar-refractivity contribution in [3.8, 4) is 0 Å². The van der Waals surface area contributed by atoms with Crippen LogP contribution in [0.25, 0.3) is 0 Å². The van der Waals surface area contributed by atoms with E-state index in [-0.39, 0.29) is 0 Å². The van der Waals surface area contributed by atoms with Gasteiger partial charge in [0.1, 0.15) is 5.82 Å². The van der Waals surface area contributed by atoms with E-state index in [0.717, 1.165) is 51.0 Å². The number of aromatic nitrogens is 2. The Kier molecular flexibility index (Phi) is 5.64. The van der Waals surface area contributed by atoms with Crippen LogP contribution in [-0.2, 0) is 6.54 Å². The van der Waals surface area contributed by atoms with Crippen LogP contribution in [0.2, 0.25) is 0 Å². The van der Waals surface area contributed by atoms with E-state index < -0.39 is 0 Å². The summed E-state index contributed by atoms with van der Waals surface area (Å²) in [6.45, 7) is 10.4. The predicted molar refractivity (Wildman–Crippen MR) is 99.3 cm³/mol. The molecule has 1 saturated heterocycles. The number of nitrogens with zero attached hydrogens (tertiary/aromatic N) is 4. The summed E-state index contributed by atoms with van der Waals surface area (Å²) in [5.41, 5.74) is 1.38. The van der Waals surface area contributed by atoms with Crippen LogP contribution < -0.4 is 10.2 Å². The lowest BCUT2D eigenvalue weighted by Crippen LogP contribution is -2.46. The molecule has 0 bridgehead atoms. The minimum absolute atomic E-state index is 0.602. The molecule has 1 aliphatic heterocycles. The minimum Gasteiger partial charge on any atom is -0.370 e. The number of anilines is 2. The molecule has 3 rings (SSSR count). The Morgan fingerprint density at radius 1 is 1.04 bits per heavy atom. The average Bonchev–Trinajstić information content (AvgIpc) is 2.62. The zero-order valence-electron chi connectivity index (χ0n) is 14.7. The quantitative estimate of drug-likeness (QED) is 0.885. The van der Waals surface area contributed by atoms with Gasteiger partial charge < -0.3 is 10.2 Å². The van der Waals surface area contributed by atoms with E-state index in [1.165, 1.54) is 5.56 Å². The van der Waals surface area contributed by atoms with Gasteiger partial charge in [0.05, 0.1) is 0 Å². The van der Waals surface area contributed by atoms with E-state index in [0.29, 0.717) is 5.92 Å². The van der Waals surface area contributed by atoms with Gasteiger partial charge in [-0.05, 0) is 17.5 Å². The molecule has 2 heterocycles. The molecule has 0 amide bonds. The van der Waals surface area contributed by atoms with Crippen LogP contribution in [0.3, 0.4) is 0 Å². The molecular weight excluding hydrogens is 298 g/mol. The first-order valence-corrected chi connectivity index (χ1v) is 8.79. The first kappa shape index (κ1) is 16.7. The third-order valence-corrected chi connectivity index (χ3v) is 4.24. The molecule has 0 spiro atoms. The molecule has 5 nitrogen and oxygen atoms in total. The lowest BCUT2D eigenvalue weighted by molar-refractivity contribution is 0.248. The predicted octanol–water partition coefficient (Wildman–Crippen LogP) is 2.87. The van der Waals surface area contributed by atoms with Gasteiger partial charge >= 0.3 is 0 Å². The first-order chi connectivity index (χ1) is 11.7. The topological polar surface area (TPSA) is 44.3 Å². The molecule has 0 aliphatic carbocycles. The molecule has 1 aromatic carbocycles. The highest BCUT2D eigenvalue weighted by atomic mass is 15.3. The molecule has 0 saturated carbocycles.